The summed E-state index contributed by atoms with van der Waals surface area (Å²) in [6.07, 6.45) is -2.36. The molecule has 3 aromatic carbocycles. The van der Waals surface area contributed by atoms with Crippen LogP contribution < -0.4 is 10.1 Å². The number of para-hydroxylation sites is 1. The summed E-state index contributed by atoms with van der Waals surface area (Å²) in [5, 5.41) is 23.0. The second-order valence-corrected chi connectivity index (χ2v) is 9.45. The molecule has 0 aliphatic carbocycles. The number of amides is 1. The lowest BCUT2D eigenvalue weighted by atomic mass is 10.0. The van der Waals surface area contributed by atoms with E-state index >= 15 is 0 Å². The van der Waals surface area contributed by atoms with E-state index < -0.39 is 18.3 Å². The molecule has 32 heavy (non-hydrogen) atoms. The number of halogens is 3. The van der Waals surface area contributed by atoms with E-state index in [-0.39, 0.29) is 18.8 Å². The van der Waals surface area contributed by atoms with Crippen LogP contribution >= 0.6 is 47.8 Å². The van der Waals surface area contributed by atoms with Gasteiger partial charge in [-0.1, -0.05) is 50.1 Å². The molecule has 0 spiro atoms. The fourth-order valence-corrected chi connectivity index (χ4v) is 4.53. The second-order valence-electron chi connectivity index (χ2n) is 6.76. The Balaban J connectivity index is 1.94. The number of hydrogen-bond donors (Lipinski definition) is 3. The van der Waals surface area contributed by atoms with E-state index in [1.54, 1.807) is 48.5 Å². The fraction of sp³-hybridized carbons (Fsp3) is 0.174. The molecule has 6 nitrogen and oxygen atoms in total. The predicted octanol–water partition coefficient (Wildman–Crippen LogP) is 6.80. The van der Waals surface area contributed by atoms with Gasteiger partial charge in [-0.15, -0.1) is 0 Å². The third kappa shape index (κ3) is 6.71. The smallest absolute Gasteiger partial charge is 0.412 e. The molecule has 0 heterocycles. The maximum absolute atomic E-state index is 12.8. The van der Waals surface area contributed by atoms with Crippen molar-refractivity contribution in [2.24, 2.45) is 0 Å². The number of aliphatic hydroxyl groups excluding tert-OH is 1. The predicted molar refractivity (Wildman–Crippen MR) is 133 cm³/mol. The van der Waals surface area contributed by atoms with Crippen molar-refractivity contribution >= 4 is 59.6 Å². The number of aliphatic hydroxyl groups is 1. The quantitative estimate of drug-likeness (QED) is 0.255. The summed E-state index contributed by atoms with van der Waals surface area (Å²) in [7, 11) is 0. The molecule has 1 amide bonds. The van der Waals surface area contributed by atoms with Crippen LogP contribution in [-0.2, 0) is 4.74 Å². The van der Waals surface area contributed by atoms with E-state index in [1.807, 2.05) is 18.2 Å². The van der Waals surface area contributed by atoms with Crippen LogP contribution in [0.25, 0.3) is 0 Å². The lowest BCUT2D eigenvalue weighted by Gasteiger charge is -2.28. The number of phenols is 1. The Bertz CT molecular complexity index is 1050. The van der Waals surface area contributed by atoms with Gasteiger partial charge in [-0.05, 0) is 64.5 Å². The summed E-state index contributed by atoms with van der Waals surface area (Å²) in [6.45, 7) is -0.207. The molecule has 0 fully saturated rings. The molecule has 0 unspecified atom stereocenters. The third-order valence-corrected chi connectivity index (χ3v) is 6.06. The number of carbonyl (C=O) groups is 1. The van der Waals surface area contributed by atoms with Gasteiger partial charge in [0, 0.05) is 33.2 Å². The van der Waals surface area contributed by atoms with Crippen molar-refractivity contribution < 1.29 is 24.5 Å². The Labute approximate surface area is 210 Å². The number of rotatable bonds is 8. The van der Waals surface area contributed by atoms with E-state index in [1.165, 1.54) is 0 Å². The molecular formula is C23H20Br3NO5. The normalized spacial score (nSPS) is 12.6. The number of nitrogens with one attached hydrogen (secondary N) is 1. The van der Waals surface area contributed by atoms with Crippen LogP contribution in [0.4, 0.5) is 10.5 Å². The van der Waals surface area contributed by atoms with Gasteiger partial charge in [0.1, 0.15) is 17.6 Å². The first kappa shape index (κ1) is 24.6. The van der Waals surface area contributed by atoms with Gasteiger partial charge < -0.3 is 19.7 Å². The minimum atomic E-state index is -1.02. The molecule has 0 saturated carbocycles. The number of phenolic OH excluding ortho intramolecular Hbond substituents is 1. The van der Waals surface area contributed by atoms with Crippen molar-refractivity contribution in [3.8, 4) is 11.5 Å². The average Bonchev–Trinajstić information content (AvgIpc) is 2.77. The van der Waals surface area contributed by atoms with E-state index in [0.717, 1.165) is 4.47 Å². The van der Waals surface area contributed by atoms with Gasteiger partial charge in [-0.2, -0.15) is 0 Å². The van der Waals surface area contributed by atoms with Crippen LogP contribution in [0, 0.1) is 0 Å². The zero-order chi connectivity index (χ0) is 23.1. The first-order valence-corrected chi connectivity index (χ1v) is 12.0. The molecule has 9 heteroatoms. The van der Waals surface area contributed by atoms with Gasteiger partial charge in [0.2, 0.25) is 0 Å². The largest absolute Gasteiger partial charge is 0.506 e. The van der Waals surface area contributed by atoms with Gasteiger partial charge in [-0.3, -0.25) is 5.32 Å². The molecule has 0 saturated heterocycles. The highest BCUT2D eigenvalue weighted by atomic mass is 79.9. The Kier molecular flexibility index (Phi) is 8.98. The number of anilines is 1. The molecule has 0 aliphatic heterocycles. The lowest BCUT2D eigenvalue weighted by molar-refractivity contribution is 0.00792. The highest BCUT2D eigenvalue weighted by Gasteiger charge is 2.32. The molecule has 0 aliphatic rings. The fourth-order valence-electron chi connectivity index (χ4n) is 3.01. The zero-order valence-electron chi connectivity index (χ0n) is 16.7. The lowest BCUT2D eigenvalue weighted by Crippen LogP contribution is -2.32. The molecule has 0 bridgehead atoms. The maximum Gasteiger partial charge on any atom is 0.412 e. The van der Waals surface area contributed by atoms with E-state index in [4.69, 9.17) is 9.47 Å². The van der Waals surface area contributed by atoms with Crippen LogP contribution in [0.1, 0.15) is 18.1 Å². The van der Waals surface area contributed by atoms with E-state index in [2.05, 4.69) is 53.1 Å². The highest BCUT2D eigenvalue weighted by molar-refractivity contribution is 9.11. The van der Waals surface area contributed by atoms with Gasteiger partial charge in [0.25, 0.3) is 0 Å². The summed E-state index contributed by atoms with van der Waals surface area (Å²) in [5.41, 5.74) is 0.867. The summed E-state index contributed by atoms with van der Waals surface area (Å²) in [4.78, 5) is 12.8. The van der Waals surface area contributed by atoms with Crippen molar-refractivity contribution in [2.45, 2.75) is 18.6 Å². The topological polar surface area (TPSA) is 88.0 Å². The minimum Gasteiger partial charge on any atom is -0.506 e. The molecule has 3 aromatic rings. The van der Waals surface area contributed by atoms with Gasteiger partial charge >= 0.3 is 6.09 Å². The average molecular weight is 630 g/mol. The van der Waals surface area contributed by atoms with Crippen molar-refractivity contribution in [3.63, 3.8) is 0 Å². The SMILES string of the molecule is O=C(Nc1ccc(Br)cc1)O[C@H](c1cc(Br)cc(Br)c1O)[C@@H](CCO)Oc1ccccc1. The Morgan fingerprint density at radius 3 is 2.31 bits per heavy atom. The van der Waals surface area contributed by atoms with Gasteiger partial charge in [0.15, 0.2) is 6.10 Å². The Hall–Kier alpha value is -2.07. The summed E-state index contributed by atoms with van der Waals surface area (Å²) >= 11 is 10.1. The van der Waals surface area contributed by atoms with E-state index in [9.17, 15) is 15.0 Å². The first-order valence-electron chi connectivity index (χ1n) is 9.61. The minimum absolute atomic E-state index is 0.0887. The zero-order valence-corrected chi connectivity index (χ0v) is 21.4. The van der Waals surface area contributed by atoms with Gasteiger partial charge in [-0.25, -0.2) is 4.79 Å². The molecule has 168 valence electrons. The first-order chi connectivity index (χ1) is 15.4. The number of hydrogen-bond acceptors (Lipinski definition) is 5. The summed E-state index contributed by atoms with van der Waals surface area (Å²) < 4.78 is 13.8. The summed E-state index contributed by atoms with van der Waals surface area (Å²) in [5.74, 6) is 0.454. The number of aromatic hydroxyl groups is 1. The van der Waals surface area contributed by atoms with Crippen molar-refractivity contribution in [1.29, 1.82) is 0 Å². The molecule has 3 N–H and O–H groups in total. The molecule has 3 rings (SSSR count). The Morgan fingerprint density at radius 1 is 0.969 bits per heavy atom. The molecular weight excluding hydrogens is 610 g/mol. The van der Waals surface area contributed by atoms with E-state index in [0.29, 0.717) is 25.9 Å². The van der Waals surface area contributed by atoms with Crippen LogP contribution in [0.5, 0.6) is 11.5 Å². The standard InChI is InChI=1S/C23H20Br3NO5/c24-14-6-8-16(9-7-14)27-23(30)32-22(18-12-15(25)13-19(26)21(18)29)20(10-11-28)31-17-4-2-1-3-5-17/h1-9,12-13,20,22,28-29H,10-11H2,(H,27,30)/t20-,22-/m1/s1. The van der Waals surface area contributed by atoms with Gasteiger partial charge in [0.05, 0.1) is 4.47 Å². The van der Waals surface area contributed by atoms with Crippen LogP contribution in [0.3, 0.4) is 0 Å². The summed E-state index contributed by atoms with van der Waals surface area (Å²) in [6, 6.07) is 19.4. The highest BCUT2D eigenvalue weighted by Crippen LogP contribution is 2.39. The van der Waals surface area contributed by atoms with Crippen molar-refractivity contribution in [3.05, 3.63) is 85.7 Å². The molecule has 0 aromatic heterocycles. The van der Waals surface area contributed by atoms with Crippen LogP contribution in [0.15, 0.2) is 80.1 Å². The van der Waals surface area contributed by atoms with Crippen molar-refractivity contribution in [1.82, 2.24) is 0 Å². The number of benzene rings is 3. The number of carbonyl (C=O) groups excluding carboxylic acids is 1. The number of ether oxygens (including phenoxy) is 2. The molecule has 0 radical (unpaired) electrons. The van der Waals surface area contributed by atoms with Crippen LogP contribution in [-0.4, -0.2) is 29.0 Å². The van der Waals surface area contributed by atoms with Crippen molar-refractivity contribution in [2.75, 3.05) is 11.9 Å². The maximum atomic E-state index is 12.8. The molecule has 2 atom stereocenters. The second kappa shape index (κ2) is 11.7. The third-order valence-electron chi connectivity index (χ3n) is 4.47. The Morgan fingerprint density at radius 2 is 1.66 bits per heavy atom. The van der Waals surface area contributed by atoms with Crippen LogP contribution in [0.2, 0.25) is 0 Å². The monoisotopic (exact) mass is 627 g/mol.